The minimum Gasteiger partial charge on any atom is -0.495 e. The van der Waals surface area contributed by atoms with Crippen LogP contribution in [0, 0.1) is 0 Å². The van der Waals surface area contributed by atoms with Crippen molar-refractivity contribution in [2.45, 2.75) is 19.4 Å². The Morgan fingerprint density at radius 2 is 2.18 bits per heavy atom. The van der Waals surface area contributed by atoms with Gasteiger partial charge >= 0.3 is 0 Å². The largest absolute Gasteiger partial charge is 0.495 e. The van der Waals surface area contributed by atoms with E-state index in [4.69, 9.17) is 4.74 Å². The molecule has 96 valence electrons. The van der Waals surface area contributed by atoms with Gasteiger partial charge in [0.2, 0.25) is 0 Å². The van der Waals surface area contributed by atoms with Crippen LogP contribution in [0.25, 0.3) is 0 Å². The van der Waals surface area contributed by atoms with Gasteiger partial charge in [-0.05, 0) is 45.2 Å². The molecule has 1 heterocycles. The van der Waals surface area contributed by atoms with Gasteiger partial charge in [-0.25, -0.2) is 0 Å². The van der Waals surface area contributed by atoms with E-state index in [-0.39, 0.29) is 0 Å². The van der Waals surface area contributed by atoms with Gasteiger partial charge in [0.1, 0.15) is 5.75 Å². The summed E-state index contributed by atoms with van der Waals surface area (Å²) in [6, 6.07) is 2.39. The highest BCUT2D eigenvalue weighted by molar-refractivity contribution is 5.25. The summed E-state index contributed by atoms with van der Waals surface area (Å²) >= 11 is 0. The highest BCUT2D eigenvalue weighted by Crippen LogP contribution is 2.20. The van der Waals surface area contributed by atoms with E-state index in [0.29, 0.717) is 6.04 Å². The molecule has 0 saturated heterocycles. The summed E-state index contributed by atoms with van der Waals surface area (Å²) in [5.41, 5.74) is 1.19. The van der Waals surface area contributed by atoms with Crippen LogP contribution in [-0.4, -0.2) is 44.2 Å². The van der Waals surface area contributed by atoms with Gasteiger partial charge in [-0.3, -0.25) is 4.98 Å². The second-order valence-electron chi connectivity index (χ2n) is 4.36. The number of aromatic nitrogens is 1. The second kappa shape index (κ2) is 7.25. The maximum Gasteiger partial charge on any atom is 0.137 e. The van der Waals surface area contributed by atoms with Crippen LogP contribution in [0.5, 0.6) is 5.75 Å². The third-order valence-electron chi connectivity index (χ3n) is 2.69. The predicted octanol–water partition coefficient (Wildman–Crippen LogP) is 1.69. The molecule has 0 aliphatic rings. The van der Waals surface area contributed by atoms with E-state index in [0.717, 1.165) is 25.3 Å². The number of nitrogens with one attached hydrogen (secondary N) is 1. The molecular weight excluding hydrogens is 214 g/mol. The molecule has 4 nitrogen and oxygen atoms in total. The van der Waals surface area contributed by atoms with Crippen molar-refractivity contribution in [3.8, 4) is 5.75 Å². The number of hydrogen-bond acceptors (Lipinski definition) is 4. The first-order valence-electron chi connectivity index (χ1n) is 6.04. The van der Waals surface area contributed by atoms with E-state index in [1.165, 1.54) is 5.56 Å². The van der Waals surface area contributed by atoms with E-state index < -0.39 is 0 Å². The zero-order chi connectivity index (χ0) is 12.7. The summed E-state index contributed by atoms with van der Waals surface area (Å²) in [5, 5.41) is 3.48. The van der Waals surface area contributed by atoms with Crippen LogP contribution >= 0.6 is 0 Å². The third kappa shape index (κ3) is 4.71. The lowest BCUT2D eigenvalue weighted by Crippen LogP contribution is -2.25. The molecule has 1 N–H and O–H groups in total. The zero-order valence-corrected chi connectivity index (χ0v) is 11.2. The average molecular weight is 237 g/mol. The lowest BCUT2D eigenvalue weighted by Gasteiger charge is -2.20. The molecular formula is C13H23N3O. The van der Waals surface area contributed by atoms with Crippen LogP contribution < -0.4 is 10.1 Å². The molecule has 0 spiro atoms. The van der Waals surface area contributed by atoms with Gasteiger partial charge in [0.15, 0.2) is 0 Å². The van der Waals surface area contributed by atoms with Gasteiger partial charge in [0.25, 0.3) is 0 Å². The molecule has 1 unspecified atom stereocenters. The summed E-state index contributed by atoms with van der Waals surface area (Å²) in [7, 11) is 5.85. The molecule has 0 aromatic carbocycles. The van der Waals surface area contributed by atoms with Crippen molar-refractivity contribution in [2.75, 3.05) is 34.3 Å². The number of methoxy groups -OCH3 is 1. The van der Waals surface area contributed by atoms with Crippen molar-refractivity contribution < 1.29 is 4.74 Å². The summed E-state index contributed by atoms with van der Waals surface area (Å²) < 4.78 is 5.21. The molecule has 0 bridgehead atoms. The van der Waals surface area contributed by atoms with Gasteiger partial charge in [-0.1, -0.05) is 6.92 Å². The second-order valence-corrected chi connectivity index (χ2v) is 4.36. The highest BCUT2D eigenvalue weighted by atomic mass is 16.5. The average Bonchev–Trinajstić information content (AvgIpc) is 2.34. The molecule has 17 heavy (non-hydrogen) atoms. The molecule has 1 rings (SSSR count). The normalized spacial score (nSPS) is 12.8. The fourth-order valence-corrected chi connectivity index (χ4v) is 1.76. The minimum absolute atomic E-state index is 0.338. The fraction of sp³-hybridized carbons (Fsp3) is 0.615. The summed E-state index contributed by atoms with van der Waals surface area (Å²) in [6.45, 7) is 4.13. The van der Waals surface area contributed by atoms with Gasteiger partial charge in [-0.2, -0.15) is 0 Å². The van der Waals surface area contributed by atoms with Crippen LogP contribution in [0.4, 0.5) is 0 Å². The first-order chi connectivity index (χ1) is 8.17. The van der Waals surface area contributed by atoms with Crippen molar-refractivity contribution >= 4 is 0 Å². The number of rotatable bonds is 7. The third-order valence-corrected chi connectivity index (χ3v) is 2.69. The van der Waals surface area contributed by atoms with Crippen molar-refractivity contribution in [3.05, 3.63) is 24.0 Å². The van der Waals surface area contributed by atoms with Crippen LogP contribution in [-0.2, 0) is 0 Å². The number of nitrogens with zero attached hydrogens (tertiary/aromatic N) is 2. The van der Waals surface area contributed by atoms with Crippen molar-refractivity contribution in [3.63, 3.8) is 0 Å². The SMILES string of the molecule is CCNC(CCN(C)C)c1cncc(OC)c1. The summed E-state index contributed by atoms with van der Waals surface area (Å²) in [4.78, 5) is 6.40. The summed E-state index contributed by atoms with van der Waals surface area (Å²) in [6.07, 6.45) is 4.71. The van der Waals surface area contributed by atoms with Gasteiger partial charge in [0.05, 0.1) is 13.3 Å². The minimum atomic E-state index is 0.338. The molecule has 0 radical (unpaired) electrons. The van der Waals surface area contributed by atoms with Crippen molar-refractivity contribution in [1.29, 1.82) is 0 Å². The van der Waals surface area contributed by atoms with Crippen molar-refractivity contribution in [2.24, 2.45) is 0 Å². The molecule has 1 aromatic heterocycles. The Labute approximate surface area is 104 Å². The van der Waals surface area contributed by atoms with Gasteiger partial charge in [-0.15, -0.1) is 0 Å². The fourth-order valence-electron chi connectivity index (χ4n) is 1.76. The molecule has 0 saturated carbocycles. The van der Waals surface area contributed by atoms with E-state index in [1.54, 1.807) is 13.3 Å². The van der Waals surface area contributed by atoms with Crippen LogP contribution in [0.2, 0.25) is 0 Å². The maximum absolute atomic E-state index is 5.21. The standard InChI is InChI=1S/C13H23N3O/c1-5-15-13(6-7-16(2)3)11-8-12(17-4)10-14-9-11/h8-10,13,15H,5-7H2,1-4H3. The van der Waals surface area contributed by atoms with Gasteiger partial charge < -0.3 is 15.0 Å². The molecule has 0 aliphatic carbocycles. The number of hydrogen-bond donors (Lipinski definition) is 1. The number of ether oxygens (including phenoxy) is 1. The molecule has 1 aromatic rings. The topological polar surface area (TPSA) is 37.4 Å². The molecule has 1 atom stereocenters. The monoisotopic (exact) mass is 237 g/mol. The zero-order valence-electron chi connectivity index (χ0n) is 11.2. The lowest BCUT2D eigenvalue weighted by molar-refractivity contribution is 0.361. The molecule has 0 amide bonds. The Balaban J connectivity index is 2.73. The Hall–Kier alpha value is -1.13. The Morgan fingerprint density at radius 3 is 2.76 bits per heavy atom. The highest BCUT2D eigenvalue weighted by Gasteiger charge is 2.11. The quantitative estimate of drug-likeness (QED) is 0.783. The smallest absolute Gasteiger partial charge is 0.137 e. The molecule has 0 aliphatic heterocycles. The van der Waals surface area contributed by atoms with E-state index >= 15 is 0 Å². The Kier molecular flexibility index (Phi) is 5.94. The first-order valence-corrected chi connectivity index (χ1v) is 6.04. The molecule has 0 fully saturated rings. The van der Waals surface area contributed by atoms with Gasteiger partial charge in [0, 0.05) is 12.2 Å². The molecule has 4 heteroatoms. The maximum atomic E-state index is 5.21. The first kappa shape index (κ1) is 13.9. The lowest BCUT2D eigenvalue weighted by atomic mass is 10.1. The number of pyridine rings is 1. The van der Waals surface area contributed by atoms with E-state index in [1.807, 2.05) is 6.20 Å². The van der Waals surface area contributed by atoms with Crippen LogP contribution in [0.1, 0.15) is 24.9 Å². The van der Waals surface area contributed by atoms with Crippen LogP contribution in [0.15, 0.2) is 18.5 Å². The Bertz CT molecular complexity index is 328. The van der Waals surface area contributed by atoms with Crippen molar-refractivity contribution in [1.82, 2.24) is 15.2 Å². The van der Waals surface area contributed by atoms with E-state index in [9.17, 15) is 0 Å². The van der Waals surface area contributed by atoms with Crippen LogP contribution in [0.3, 0.4) is 0 Å². The Morgan fingerprint density at radius 1 is 1.41 bits per heavy atom. The van der Waals surface area contributed by atoms with E-state index in [2.05, 4.69) is 42.3 Å². The summed E-state index contributed by atoms with van der Waals surface area (Å²) in [5.74, 6) is 0.815. The predicted molar refractivity (Wildman–Crippen MR) is 70.4 cm³/mol.